The lowest BCUT2D eigenvalue weighted by Gasteiger charge is -2.16. The molecule has 4 heteroatoms. The summed E-state index contributed by atoms with van der Waals surface area (Å²) in [5.41, 5.74) is 2.35. The first-order valence-electron chi connectivity index (χ1n) is 5.80. The molecule has 0 saturated heterocycles. The van der Waals surface area contributed by atoms with Gasteiger partial charge in [-0.1, -0.05) is 23.7 Å². The van der Waals surface area contributed by atoms with Crippen LogP contribution in [-0.4, -0.2) is 5.11 Å². The highest BCUT2D eigenvalue weighted by Gasteiger charge is 2.19. The molecule has 0 bridgehead atoms. The van der Waals surface area contributed by atoms with E-state index >= 15 is 0 Å². The Hall–Kier alpha value is -1.45. The number of hydrogen-bond acceptors (Lipinski definition) is 1. The zero-order valence-corrected chi connectivity index (χ0v) is 11.3. The van der Waals surface area contributed by atoms with Crippen LogP contribution in [0.1, 0.15) is 28.4 Å². The average Bonchev–Trinajstić information content (AvgIpc) is 2.33. The Bertz CT molecular complexity index is 626. The molecule has 0 amide bonds. The number of aryl methyl sites for hydroxylation is 2. The summed E-state index contributed by atoms with van der Waals surface area (Å²) in [7, 11) is 0. The van der Waals surface area contributed by atoms with Crippen LogP contribution in [0.3, 0.4) is 0 Å². The molecule has 0 radical (unpaired) electrons. The molecule has 0 aliphatic heterocycles. The van der Waals surface area contributed by atoms with Crippen molar-refractivity contribution in [3.8, 4) is 0 Å². The van der Waals surface area contributed by atoms with E-state index in [4.69, 9.17) is 11.6 Å². The van der Waals surface area contributed by atoms with Gasteiger partial charge in [0.15, 0.2) is 0 Å². The SMILES string of the molecule is Cc1cc(Cl)c(C(O)c2ccc(F)cc2F)cc1C. The number of hydrogen-bond donors (Lipinski definition) is 1. The number of aliphatic hydroxyl groups is 1. The van der Waals surface area contributed by atoms with Crippen LogP contribution < -0.4 is 0 Å². The fourth-order valence-corrected chi connectivity index (χ4v) is 2.23. The van der Waals surface area contributed by atoms with Gasteiger partial charge in [0.25, 0.3) is 0 Å². The van der Waals surface area contributed by atoms with E-state index in [0.717, 1.165) is 23.3 Å². The first kappa shape index (κ1) is 14.0. The van der Waals surface area contributed by atoms with Gasteiger partial charge >= 0.3 is 0 Å². The Kier molecular flexibility index (Phi) is 3.88. The van der Waals surface area contributed by atoms with E-state index in [1.165, 1.54) is 6.07 Å². The van der Waals surface area contributed by atoms with E-state index in [2.05, 4.69) is 0 Å². The lowest BCUT2D eigenvalue weighted by molar-refractivity contribution is 0.214. The van der Waals surface area contributed by atoms with Gasteiger partial charge in [0.2, 0.25) is 0 Å². The third-order valence-corrected chi connectivity index (χ3v) is 3.49. The van der Waals surface area contributed by atoms with Crippen molar-refractivity contribution in [2.45, 2.75) is 20.0 Å². The predicted molar refractivity (Wildman–Crippen MR) is 71.3 cm³/mol. The number of halogens is 3. The second-order valence-electron chi connectivity index (χ2n) is 4.53. The first-order valence-corrected chi connectivity index (χ1v) is 6.17. The molecule has 2 aromatic carbocycles. The van der Waals surface area contributed by atoms with Gasteiger partial charge in [-0.05, 0) is 37.1 Å². The summed E-state index contributed by atoms with van der Waals surface area (Å²) in [5.74, 6) is -1.47. The van der Waals surface area contributed by atoms with Gasteiger partial charge in [-0.25, -0.2) is 8.78 Å². The number of rotatable bonds is 2. The van der Waals surface area contributed by atoms with Gasteiger partial charge < -0.3 is 5.11 Å². The Labute approximate surface area is 115 Å². The topological polar surface area (TPSA) is 20.2 Å². The summed E-state index contributed by atoms with van der Waals surface area (Å²) >= 11 is 6.07. The Morgan fingerprint density at radius 2 is 1.63 bits per heavy atom. The molecule has 0 aliphatic carbocycles. The van der Waals surface area contributed by atoms with Crippen LogP contribution in [0.15, 0.2) is 30.3 Å². The molecule has 2 aromatic rings. The van der Waals surface area contributed by atoms with Crippen molar-refractivity contribution in [1.82, 2.24) is 0 Å². The molecule has 2 rings (SSSR count). The third kappa shape index (κ3) is 2.77. The molecule has 0 aromatic heterocycles. The van der Waals surface area contributed by atoms with E-state index in [-0.39, 0.29) is 5.56 Å². The van der Waals surface area contributed by atoms with Gasteiger partial charge in [-0.15, -0.1) is 0 Å². The third-order valence-electron chi connectivity index (χ3n) is 3.16. The normalized spacial score (nSPS) is 12.5. The summed E-state index contributed by atoms with van der Waals surface area (Å²) in [4.78, 5) is 0. The van der Waals surface area contributed by atoms with Crippen LogP contribution in [0, 0.1) is 25.5 Å². The standard InChI is InChI=1S/C15H13ClF2O/c1-8-5-12(13(16)6-9(8)2)15(19)11-4-3-10(17)7-14(11)18/h3-7,15,19H,1-2H3. The van der Waals surface area contributed by atoms with Crippen LogP contribution >= 0.6 is 11.6 Å². The lowest BCUT2D eigenvalue weighted by Crippen LogP contribution is -2.04. The van der Waals surface area contributed by atoms with Crippen molar-refractivity contribution >= 4 is 11.6 Å². The molecular formula is C15H13ClF2O. The van der Waals surface area contributed by atoms with Crippen molar-refractivity contribution < 1.29 is 13.9 Å². The summed E-state index contributed by atoms with van der Waals surface area (Å²) < 4.78 is 26.5. The second kappa shape index (κ2) is 5.27. The second-order valence-corrected chi connectivity index (χ2v) is 4.93. The molecule has 19 heavy (non-hydrogen) atoms. The highest BCUT2D eigenvalue weighted by molar-refractivity contribution is 6.31. The van der Waals surface area contributed by atoms with Gasteiger partial charge in [-0.3, -0.25) is 0 Å². The smallest absolute Gasteiger partial charge is 0.132 e. The maximum absolute atomic E-state index is 13.7. The zero-order valence-electron chi connectivity index (χ0n) is 10.5. The molecule has 0 heterocycles. The minimum absolute atomic E-state index is 0.00607. The van der Waals surface area contributed by atoms with Crippen LogP contribution in [-0.2, 0) is 0 Å². The van der Waals surface area contributed by atoms with Crippen molar-refractivity contribution in [1.29, 1.82) is 0 Å². The maximum atomic E-state index is 13.7. The fourth-order valence-electron chi connectivity index (χ4n) is 1.90. The Balaban J connectivity index is 2.49. The first-order chi connectivity index (χ1) is 8.90. The largest absolute Gasteiger partial charge is 0.383 e. The predicted octanol–water partition coefficient (Wildman–Crippen LogP) is 4.32. The molecule has 0 aliphatic rings. The van der Waals surface area contributed by atoms with Crippen LogP contribution in [0.2, 0.25) is 5.02 Å². The van der Waals surface area contributed by atoms with Gasteiger partial charge in [-0.2, -0.15) is 0 Å². The van der Waals surface area contributed by atoms with E-state index in [0.29, 0.717) is 10.6 Å². The quantitative estimate of drug-likeness (QED) is 0.870. The van der Waals surface area contributed by atoms with Crippen molar-refractivity contribution in [2.75, 3.05) is 0 Å². The summed E-state index contributed by atoms with van der Waals surface area (Å²) in [6.45, 7) is 3.78. The van der Waals surface area contributed by atoms with E-state index in [9.17, 15) is 13.9 Å². The molecule has 0 saturated carbocycles. The monoisotopic (exact) mass is 282 g/mol. The van der Waals surface area contributed by atoms with Crippen molar-refractivity contribution in [3.05, 3.63) is 69.2 Å². The summed E-state index contributed by atoms with van der Waals surface area (Å²) in [6, 6.07) is 6.51. The number of benzene rings is 2. The Morgan fingerprint density at radius 1 is 1.00 bits per heavy atom. The lowest BCUT2D eigenvalue weighted by atomic mass is 9.97. The Morgan fingerprint density at radius 3 is 2.26 bits per heavy atom. The molecule has 0 spiro atoms. The highest BCUT2D eigenvalue weighted by atomic mass is 35.5. The molecule has 100 valence electrons. The van der Waals surface area contributed by atoms with Gasteiger partial charge in [0, 0.05) is 22.2 Å². The van der Waals surface area contributed by atoms with Crippen molar-refractivity contribution in [3.63, 3.8) is 0 Å². The minimum Gasteiger partial charge on any atom is -0.383 e. The van der Waals surface area contributed by atoms with Crippen LogP contribution in [0.25, 0.3) is 0 Å². The molecule has 1 nitrogen and oxygen atoms in total. The molecule has 1 atom stereocenters. The highest BCUT2D eigenvalue weighted by Crippen LogP contribution is 2.31. The maximum Gasteiger partial charge on any atom is 0.132 e. The summed E-state index contributed by atoms with van der Waals surface area (Å²) in [6.07, 6.45) is -1.22. The van der Waals surface area contributed by atoms with Crippen LogP contribution in [0.4, 0.5) is 8.78 Å². The molecule has 1 N–H and O–H groups in total. The average molecular weight is 283 g/mol. The summed E-state index contributed by atoms with van der Waals surface area (Å²) in [5, 5.41) is 10.6. The van der Waals surface area contributed by atoms with E-state index < -0.39 is 17.7 Å². The molecule has 0 fully saturated rings. The van der Waals surface area contributed by atoms with Gasteiger partial charge in [0.05, 0.1) is 0 Å². The fraction of sp³-hybridized carbons (Fsp3) is 0.200. The van der Waals surface area contributed by atoms with Gasteiger partial charge in [0.1, 0.15) is 17.7 Å². The van der Waals surface area contributed by atoms with E-state index in [1.807, 2.05) is 13.8 Å². The zero-order chi connectivity index (χ0) is 14.2. The molecule has 1 unspecified atom stereocenters. The minimum atomic E-state index is -1.22. The molecular weight excluding hydrogens is 270 g/mol. The number of aliphatic hydroxyl groups excluding tert-OH is 1. The van der Waals surface area contributed by atoms with Crippen molar-refractivity contribution in [2.24, 2.45) is 0 Å². The van der Waals surface area contributed by atoms with Crippen LogP contribution in [0.5, 0.6) is 0 Å². The van der Waals surface area contributed by atoms with E-state index in [1.54, 1.807) is 12.1 Å².